The van der Waals surface area contributed by atoms with Gasteiger partial charge in [-0.3, -0.25) is 0 Å². The molecule has 5 nitrogen and oxygen atoms in total. The largest absolute Gasteiger partial charge is 0.496 e. The number of nitrogens with zero attached hydrogens (tertiary/aromatic N) is 2. The maximum Gasteiger partial charge on any atom is 0.170 e. The number of methoxy groups -OCH3 is 1. The first kappa shape index (κ1) is 15.5. The number of amidine groups is 1. The number of nitrogens with two attached hydrogens (primary N) is 1. The molecule has 0 spiro atoms. The Labute approximate surface area is 131 Å². The molecule has 0 bridgehead atoms. The van der Waals surface area contributed by atoms with Gasteiger partial charge in [0.1, 0.15) is 5.75 Å². The molecule has 3 N–H and O–H groups in total. The second-order valence-corrected chi connectivity index (χ2v) is 5.55. The average molecular weight is 324 g/mol. The lowest BCUT2D eigenvalue weighted by Gasteiger charge is -2.10. The second-order valence-electron chi connectivity index (χ2n) is 4.12. The third kappa shape index (κ3) is 4.03. The number of oxime groups is 1. The molecular formula is C14H14ClN3O2S. The zero-order valence-electron chi connectivity index (χ0n) is 11.3. The van der Waals surface area contributed by atoms with E-state index in [1.54, 1.807) is 43.3 Å². The zero-order chi connectivity index (χ0) is 15.2. The standard InChI is InChI=1S/C14H14ClN3O2S/c1-20-12-4-2-9(14(16)18-19)6-10(12)8-21-13-5-3-11(15)7-17-13/h2-7,19H,8H2,1H3,(H2,16,18). The van der Waals surface area contributed by atoms with E-state index in [9.17, 15) is 0 Å². The smallest absolute Gasteiger partial charge is 0.170 e. The summed E-state index contributed by atoms with van der Waals surface area (Å²) in [5.41, 5.74) is 7.17. The molecule has 0 aliphatic carbocycles. The van der Waals surface area contributed by atoms with Crippen LogP contribution < -0.4 is 10.5 Å². The summed E-state index contributed by atoms with van der Waals surface area (Å²) in [6.45, 7) is 0. The molecular weight excluding hydrogens is 310 g/mol. The van der Waals surface area contributed by atoms with Crippen LogP contribution in [0.4, 0.5) is 0 Å². The van der Waals surface area contributed by atoms with Crippen molar-refractivity contribution in [2.75, 3.05) is 7.11 Å². The van der Waals surface area contributed by atoms with Crippen LogP contribution in [0.5, 0.6) is 5.75 Å². The fourth-order valence-corrected chi connectivity index (χ4v) is 2.64. The summed E-state index contributed by atoms with van der Waals surface area (Å²) in [7, 11) is 1.60. The van der Waals surface area contributed by atoms with Crippen molar-refractivity contribution in [1.82, 2.24) is 4.98 Å². The highest BCUT2D eigenvalue weighted by molar-refractivity contribution is 7.98. The van der Waals surface area contributed by atoms with E-state index in [2.05, 4.69) is 10.1 Å². The molecule has 1 aromatic heterocycles. The summed E-state index contributed by atoms with van der Waals surface area (Å²) in [6.07, 6.45) is 1.61. The van der Waals surface area contributed by atoms with E-state index >= 15 is 0 Å². The summed E-state index contributed by atoms with van der Waals surface area (Å²) in [6, 6.07) is 9.01. The second kappa shape index (κ2) is 7.19. The number of hydrogen-bond donors (Lipinski definition) is 2. The van der Waals surface area contributed by atoms with E-state index in [1.807, 2.05) is 12.1 Å². The first-order valence-electron chi connectivity index (χ1n) is 6.03. The normalized spacial score (nSPS) is 11.4. The van der Waals surface area contributed by atoms with Crippen molar-refractivity contribution >= 4 is 29.2 Å². The minimum Gasteiger partial charge on any atom is -0.496 e. The Morgan fingerprint density at radius 2 is 2.24 bits per heavy atom. The maximum atomic E-state index is 8.74. The topological polar surface area (TPSA) is 80.7 Å². The molecule has 110 valence electrons. The minimum atomic E-state index is 0.0634. The summed E-state index contributed by atoms with van der Waals surface area (Å²) in [4.78, 5) is 4.22. The predicted molar refractivity (Wildman–Crippen MR) is 84.3 cm³/mol. The number of thioether (sulfide) groups is 1. The first-order valence-corrected chi connectivity index (χ1v) is 7.39. The van der Waals surface area contributed by atoms with Crippen molar-refractivity contribution in [2.24, 2.45) is 10.9 Å². The molecule has 0 fully saturated rings. The van der Waals surface area contributed by atoms with Gasteiger partial charge in [-0.15, -0.1) is 11.8 Å². The van der Waals surface area contributed by atoms with Gasteiger partial charge in [-0.1, -0.05) is 16.8 Å². The highest BCUT2D eigenvalue weighted by Gasteiger charge is 2.08. The van der Waals surface area contributed by atoms with E-state index in [1.165, 1.54) is 0 Å². The molecule has 0 saturated carbocycles. The number of rotatable bonds is 5. The Balaban J connectivity index is 2.19. The predicted octanol–water partition coefficient (Wildman–Crippen LogP) is 3.13. The lowest BCUT2D eigenvalue weighted by atomic mass is 10.1. The molecule has 0 aliphatic rings. The molecule has 21 heavy (non-hydrogen) atoms. The Morgan fingerprint density at radius 3 is 2.86 bits per heavy atom. The number of halogens is 1. The van der Waals surface area contributed by atoms with Crippen LogP contribution in [0, 0.1) is 0 Å². The highest BCUT2D eigenvalue weighted by atomic mass is 35.5. The lowest BCUT2D eigenvalue weighted by molar-refractivity contribution is 0.318. The van der Waals surface area contributed by atoms with Gasteiger partial charge in [-0.25, -0.2) is 4.98 Å². The molecule has 0 saturated heterocycles. The minimum absolute atomic E-state index is 0.0634. The number of aromatic nitrogens is 1. The number of hydrogen-bond acceptors (Lipinski definition) is 5. The maximum absolute atomic E-state index is 8.74. The quantitative estimate of drug-likeness (QED) is 0.290. The Morgan fingerprint density at radius 1 is 1.43 bits per heavy atom. The van der Waals surface area contributed by atoms with Gasteiger partial charge in [0.15, 0.2) is 5.84 Å². The highest BCUT2D eigenvalue weighted by Crippen LogP contribution is 2.28. The van der Waals surface area contributed by atoms with Gasteiger partial charge in [0.25, 0.3) is 0 Å². The number of pyridine rings is 1. The monoisotopic (exact) mass is 323 g/mol. The van der Waals surface area contributed by atoms with Crippen molar-refractivity contribution in [3.63, 3.8) is 0 Å². The van der Waals surface area contributed by atoms with Gasteiger partial charge >= 0.3 is 0 Å². The SMILES string of the molecule is COc1ccc(/C(N)=N/O)cc1CSc1ccc(Cl)cn1. The molecule has 2 aromatic rings. The van der Waals surface area contributed by atoms with E-state index < -0.39 is 0 Å². The molecule has 0 unspecified atom stereocenters. The van der Waals surface area contributed by atoms with E-state index in [0.717, 1.165) is 16.3 Å². The molecule has 0 atom stereocenters. The van der Waals surface area contributed by atoms with Gasteiger partial charge in [0, 0.05) is 23.1 Å². The summed E-state index contributed by atoms with van der Waals surface area (Å²) in [5, 5.41) is 13.2. The fraction of sp³-hybridized carbons (Fsp3) is 0.143. The number of ether oxygens (including phenoxy) is 1. The van der Waals surface area contributed by atoms with E-state index in [4.69, 9.17) is 27.3 Å². The Bertz CT molecular complexity index is 647. The van der Waals surface area contributed by atoms with Crippen LogP contribution in [-0.2, 0) is 5.75 Å². The Hall–Kier alpha value is -1.92. The lowest BCUT2D eigenvalue weighted by Crippen LogP contribution is -2.13. The van der Waals surface area contributed by atoms with Gasteiger partial charge in [0.2, 0.25) is 0 Å². The molecule has 0 radical (unpaired) electrons. The molecule has 1 aromatic carbocycles. The van der Waals surface area contributed by atoms with Gasteiger partial charge in [0.05, 0.1) is 17.2 Å². The number of benzene rings is 1. The van der Waals surface area contributed by atoms with Gasteiger partial charge in [-0.2, -0.15) is 0 Å². The van der Waals surface area contributed by atoms with E-state index in [0.29, 0.717) is 16.3 Å². The molecule has 1 heterocycles. The summed E-state index contributed by atoms with van der Waals surface area (Å²) < 4.78 is 5.32. The zero-order valence-corrected chi connectivity index (χ0v) is 12.9. The third-order valence-electron chi connectivity index (χ3n) is 2.76. The summed E-state index contributed by atoms with van der Waals surface area (Å²) in [5.74, 6) is 1.45. The summed E-state index contributed by atoms with van der Waals surface area (Å²) >= 11 is 7.35. The van der Waals surface area contributed by atoms with Gasteiger partial charge < -0.3 is 15.7 Å². The third-order valence-corrected chi connectivity index (χ3v) is 3.98. The molecule has 7 heteroatoms. The average Bonchev–Trinajstić information content (AvgIpc) is 2.53. The van der Waals surface area contributed by atoms with Crippen molar-refractivity contribution in [2.45, 2.75) is 10.8 Å². The van der Waals surface area contributed by atoms with Crippen LogP contribution in [0.1, 0.15) is 11.1 Å². The Kier molecular flexibility index (Phi) is 5.30. The van der Waals surface area contributed by atoms with Gasteiger partial charge in [-0.05, 0) is 30.3 Å². The van der Waals surface area contributed by atoms with Crippen LogP contribution in [-0.4, -0.2) is 23.1 Å². The molecule has 0 amide bonds. The molecule has 2 rings (SSSR count). The van der Waals surface area contributed by atoms with Crippen LogP contribution in [0.25, 0.3) is 0 Å². The van der Waals surface area contributed by atoms with Crippen LogP contribution >= 0.6 is 23.4 Å². The van der Waals surface area contributed by atoms with Crippen LogP contribution in [0.15, 0.2) is 46.7 Å². The fourth-order valence-electron chi connectivity index (χ4n) is 1.71. The van der Waals surface area contributed by atoms with E-state index in [-0.39, 0.29) is 5.84 Å². The molecule has 0 aliphatic heterocycles. The van der Waals surface area contributed by atoms with Crippen molar-refractivity contribution in [3.8, 4) is 5.75 Å². The van der Waals surface area contributed by atoms with Crippen LogP contribution in [0.3, 0.4) is 0 Å². The van der Waals surface area contributed by atoms with Crippen molar-refractivity contribution in [3.05, 3.63) is 52.7 Å². The van der Waals surface area contributed by atoms with Crippen molar-refractivity contribution < 1.29 is 9.94 Å². The first-order chi connectivity index (χ1) is 10.1. The van der Waals surface area contributed by atoms with Crippen molar-refractivity contribution in [1.29, 1.82) is 0 Å². The van der Waals surface area contributed by atoms with Crippen LogP contribution in [0.2, 0.25) is 5.02 Å².